The van der Waals surface area contributed by atoms with Crippen LogP contribution >= 0.6 is 0 Å². The van der Waals surface area contributed by atoms with Crippen LogP contribution in [0.25, 0.3) is 0 Å². The highest BCUT2D eigenvalue weighted by atomic mass is 16.5. The second-order valence-corrected chi connectivity index (χ2v) is 7.27. The number of nitrogens with one attached hydrogen (secondary N) is 2. The van der Waals surface area contributed by atoms with E-state index in [0.717, 1.165) is 23.3 Å². The number of carbonyl (C=O) groups is 1. The van der Waals surface area contributed by atoms with E-state index in [-0.39, 0.29) is 23.8 Å². The Kier molecular flexibility index (Phi) is 4.87. The molecule has 0 spiro atoms. The summed E-state index contributed by atoms with van der Waals surface area (Å²) in [5, 5.41) is 10.7. The summed E-state index contributed by atoms with van der Waals surface area (Å²) in [5.41, 5.74) is 2.25. The lowest BCUT2D eigenvalue weighted by Crippen LogP contribution is -2.28. The number of nitrogens with zero attached hydrogens (tertiary/aromatic N) is 3. The molecule has 2 aromatic heterocycles. The maximum Gasteiger partial charge on any atom is 0.293 e. The van der Waals surface area contributed by atoms with E-state index >= 15 is 0 Å². The monoisotopic (exact) mass is 415 g/mol. The maximum atomic E-state index is 12.4. The smallest absolute Gasteiger partial charge is 0.293 e. The van der Waals surface area contributed by atoms with Gasteiger partial charge in [0.25, 0.3) is 11.9 Å². The number of hydrogen-bond acceptors (Lipinski definition) is 6. The van der Waals surface area contributed by atoms with Gasteiger partial charge < -0.3 is 14.5 Å². The minimum Gasteiger partial charge on any atom is -0.497 e. The molecule has 8 heteroatoms. The zero-order chi connectivity index (χ0) is 21.2. The summed E-state index contributed by atoms with van der Waals surface area (Å²) in [4.78, 5) is 16.9. The minimum absolute atomic E-state index is 0.0543. The van der Waals surface area contributed by atoms with E-state index < -0.39 is 5.91 Å². The molecular formula is C23H21N5O3. The number of anilines is 2. The Bertz CT molecular complexity index is 1170. The molecule has 3 heterocycles. The van der Waals surface area contributed by atoms with Crippen molar-refractivity contribution < 1.29 is 13.9 Å². The number of carbonyl (C=O) groups excluding carboxylic acids is 1. The normalized spacial score (nSPS) is 17.5. The Morgan fingerprint density at radius 3 is 2.61 bits per heavy atom. The molecule has 1 aliphatic heterocycles. The van der Waals surface area contributed by atoms with Crippen molar-refractivity contribution in [3.63, 3.8) is 0 Å². The summed E-state index contributed by atoms with van der Waals surface area (Å²) in [7, 11) is 1.65. The van der Waals surface area contributed by atoms with Gasteiger partial charge in [0.1, 0.15) is 5.75 Å². The molecule has 0 fully saturated rings. The number of methoxy groups -OCH3 is 1. The first-order valence-electron chi connectivity index (χ1n) is 9.98. The van der Waals surface area contributed by atoms with Gasteiger partial charge >= 0.3 is 0 Å². The Hall–Kier alpha value is -4.07. The molecule has 0 bridgehead atoms. The summed E-state index contributed by atoms with van der Waals surface area (Å²) in [5.74, 6) is 1.41. The van der Waals surface area contributed by atoms with Crippen molar-refractivity contribution in [1.29, 1.82) is 0 Å². The molecule has 0 saturated heterocycles. The zero-order valence-corrected chi connectivity index (χ0v) is 16.9. The molecule has 8 nitrogen and oxygen atoms in total. The van der Waals surface area contributed by atoms with Gasteiger partial charge in [-0.2, -0.15) is 4.98 Å². The average molecular weight is 415 g/mol. The van der Waals surface area contributed by atoms with Crippen molar-refractivity contribution in [2.24, 2.45) is 0 Å². The zero-order valence-electron chi connectivity index (χ0n) is 16.9. The summed E-state index contributed by atoms with van der Waals surface area (Å²) < 4.78 is 12.3. The molecule has 2 N–H and O–H groups in total. The van der Waals surface area contributed by atoms with Gasteiger partial charge in [-0.05, 0) is 41.8 Å². The Morgan fingerprint density at radius 1 is 1.10 bits per heavy atom. The van der Waals surface area contributed by atoms with Crippen molar-refractivity contribution in [3.05, 3.63) is 89.9 Å². The molecule has 2 atom stereocenters. The lowest BCUT2D eigenvalue weighted by Gasteiger charge is -2.31. The van der Waals surface area contributed by atoms with E-state index in [1.54, 1.807) is 19.2 Å². The Labute approximate surface area is 178 Å². The largest absolute Gasteiger partial charge is 0.497 e. The van der Waals surface area contributed by atoms with E-state index in [4.69, 9.17) is 9.15 Å². The number of ether oxygens (including phenoxy) is 1. The van der Waals surface area contributed by atoms with E-state index in [1.165, 1.54) is 6.26 Å². The van der Waals surface area contributed by atoms with Crippen molar-refractivity contribution >= 4 is 17.8 Å². The molecule has 1 amide bonds. The number of hydrogen-bond donors (Lipinski definition) is 2. The lowest BCUT2D eigenvalue weighted by molar-refractivity contribution is 0.0995. The summed E-state index contributed by atoms with van der Waals surface area (Å²) in [6, 6.07) is 21.4. The second kappa shape index (κ2) is 7.98. The molecule has 0 saturated carbocycles. The van der Waals surface area contributed by atoms with E-state index in [9.17, 15) is 4.79 Å². The van der Waals surface area contributed by atoms with Gasteiger partial charge in [0, 0.05) is 0 Å². The first-order chi connectivity index (χ1) is 15.2. The highest BCUT2D eigenvalue weighted by molar-refractivity contribution is 6.01. The molecule has 0 aliphatic carbocycles. The first kappa shape index (κ1) is 18.9. The molecule has 0 radical (unpaired) electrons. The fourth-order valence-electron chi connectivity index (χ4n) is 3.81. The van der Waals surface area contributed by atoms with Gasteiger partial charge in [0.15, 0.2) is 5.76 Å². The van der Waals surface area contributed by atoms with Gasteiger partial charge in [0.05, 0.1) is 25.5 Å². The predicted molar refractivity (Wildman–Crippen MR) is 115 cm³/mol. The molecule has 5 rings (SSSR count). The van der Waals surface area contributed by atoms with Gasteiger partial charge in [-0.3, -0.25) is 10.1 Å². The molecule has 0 unspecified atom stereocenters. The third kappa shape index (κ3) is 3.75. The van der Waals surface area contributed by atoms with Crippen LogP contribution in [0.5, 0.6) is 5.75 Å². The van der Waals surface area contributed by atoms with Gasteiger partial charge in [-0.1, -0.05) is 42.5 Å². The summed E-state index contributed by atoms with van der Waals surface area (Å²) >= 11 is 0. The number of fused-ring (bicyclic) bond motifs is 1. The van der Waals surface area contributed by atoms with Gasteiger partial charge in [0.2, 0.25) is 5.95 Å². The fraction of sp³-hybridized carbons (Fsp3) is 0.174. The van der Waals surface area contributed by atoms with Crippen LogP contribution in [0.4, 0.5) is 11.9 Å². The van der Waals surface area contributed by atoms with Gasteiger partial charge in [-0.25, -0.2) is 4.68 Å². The minimum atomic E-state index is -0.395. The molecule has 1 aliphatic rings. The highest BCUT2D eigenvalue weighted by Gasteiger charge is 2.31. The molecule has 156 valence electrons. The fourth-order valence-corrected chi connectivity index (χ4v) is 3.81. The average Bonchev–Trinajstić information content (AvgIpc) is 3.49. The lowest BCUT2D eigenvalue weighted by atomic mass is 9.93. The molecule has 4 aromatic rings. The van der Waals surface area contributed by atoms with Crippen molar-refractivity contribution in [2.45, 2.75) is 18.5 Å². The number of benzene rings is 2. The Morgan fingerprint density at radius 2 is 1.90 bits per heavy atom. The third-order valence-electron chi connectivity index (χ3n) is 5.36. The topological polar surface area (TPSA) is 94.2 Å². The van der Waals surface area contributed by atoms with Crippen molar-refractivity contribution in [3.8, 4) is 5.75 Å². The number of rotatable bonds is 5. The molecule has 2 aromatic carbocycles. The summed E-state index contributed by atoms with van der Waals surface area (Å²) in [6.07, 6.45) is 2.23. The third-order valence-corrected chi connectivity index (χ3v) is 5.36. The maximum absolute atomic E-state index is 12.4. The van der Waals surface area contributed by atoms with E-state index in [1.807, 2.05) is 47.1 Å². The summed E-state index contributed by atoms with van der Waals surface area (Å²) in [6.45, 7) is 0. The van der Waals surface area contributed by atoms with Crippen LogP contribution in [0.3, 0.4) is 0 Å². The Balaban J connectivity index is 1.49. The second-order valence-electron chi connectivity index (χ2n) is 7.27. The van der Waals surface area contributed by atoms with Crippen molar-refractivity contribution in [2.75, 3.05) is 17.7 Å². The standard InChI is InChI=1S/C23H21N5O3/c1-30-17-11-9-16(10-12-17)19-14-18(15-6-3-2-4-7-15)24-23-26-22(27-28(19)23)25-21(29)20-8-5-13-31-20/h2-13,18-19H,14H2,1H3,(H2,24,25,26,27,29)/t18-,19-/m1/s1. The van der Waals surface area contributed by atoms with E-state index in [2.05, 4.69) is 32.8 Å². The SMILES string of the molecule is COc1ccc([C@H]2C[C@H](c3ccccc3)Nc3nc(NC(=O)c4ccco4)nn32)cc1. The number of amides is 1. The van der Waals surface area contributed by atoms with Gasteiger partial charge in [-0.15, -0.1) is 5.10 Å². The van der Waals surface area contributed by atoms with Crippen LogP contribution in [0.1, 0.15) is 40.2 Å². The molecule has 31 heavy (non-hydrogen) atoms. The highest BCUT2D eigenvalue weighted by Crippen LogP contribution is 2.38. The quantitative estimate of drug-likeness (QED) is 0.505. The first-order valence-corrected chi connectivity index (χ1v) is 9.98. The van der Waals surface area contributed by atoms with Crippen LogP contribution in [-0.4, -0.2) is 27.8 Å². The van der Waals surface area contributed by atoms with Crippen LogP contribution in [0.15, 0.2) is 77.4 Å². The predicted octanol–water partition coefficient (Wildman–Crippen LogP) is 4.28. The molecular weight excluding hydrogens is 394 g/mol. The van der Waals surface area contributed by atoms with E-state index in [0.29, 0.717) is 5.95 Å². The van der Waals surface area contributed by atoms with Crippen LogP contribution < -0.4 is 15.4 Å². The number of furan rings is 1. The van der Waals surface area contributed by atoms with Crippen molar-refractivity contribution in [1.82, 2.24) is 14.8 Å². The van der Waals surface area contributed by atoms with Crippen LogP contribution in [-0.2, 0) is 0 Å². The van der Waals surface area contributed by atoms with Crippen LogP contribution in [0, 0.1) is 0 Å². The number of aromatic nitrogens is 3. The van der Waals surface area contributed by atoms with Crippen LogP contribution in [0.2, 0.25) is 0 Å².